The summed E-state index contributed by atoms with van der Waals surface area (Å²) in [4.78, 5) is 8.59. The van der Waals surface area contributed by atoms with Gasteiger partial charge >= 0.3 is 0 Å². The van der Waals surface area contributed by atoms with Gasteiger partial charge in [-0.15, -0.1) is 0 Å². The van der Waals surface area contributed by atoms with E-state index in [1.807, 2.05) is 0 Å². The van der Waals surface area contributed by atoms with Gasteiger partial charge in [-0.3, -0.25) is 0 Å². The van der Waals surface area contributed by atoms with Gasteiger partial charge in [-0.2, -0.15) is 0 Å². The van der Waals surface area contributed by atoms with Crippen LogP contribution >= 0.6 is 8.86 Å². The van der Waals surface area contributed by atoms with E-state index >= 15 is 0 Å². The van der Waals surface area contributed by atoms with Gasteiger partial charge in [-0.1, -0.05) is 0 Å². The molecule has 0 atom stereocenters. The van der Waals surface area contributed by atoms with Gasteiger partial charge in [0.05, 0.1) is 0 Å². The van der Waals surface area contributed by atoms with Crippen molar-refractivity contribution in [2.24, 2.45) is 0 Å². The van der Waals surface area contributed by atoms with Crippen molar-refractivity contribution in [2.45, 2.75) is 0 Å². The molecule has 0 aliphatic rings. The maximum atomic E-state index is 8.59. The first-order chi connectivity index (χ1) is 1.41. The van der Waals surface area contributed by atoms with Crippen LogP contribution in [-0.4, -0.2) is 5.66 Å². The zero-order valence-electron chi connectivity index (χ0n) is 1.76. The van der Waals surface area contributed by atoms with Crippen LogP contribution in [0.1, 0.15) is 0 Å². The predicted molar refractivity (Wildman–Crippen MR) is 14.0 cm³/mol. The van der Waals surface area contributed by atoms with E-state index in [1.54, 1.807) is 0 Å². The molecule has 0 amide bonds. The Balaban J connectivity index is 0. The van der Waals surface area contributed by atoms with Crippen molar-refractivity contribution in [3.05, 3.63) is 0 Å². The van der Waals surface area contributed by atoms with Gasteiger partial charge in [0.1, 0.15) is 5.66 Å². The largest absolute Gasteiger partial charge is 0.229 e. The van der Waals surface area contributed by atoms with Crippen LogP contribution in [0.5, 0.6) is 0 Å². The Morgan fingerprint density at radius 2 is 1.75 bits per heavy atom. The van der Waals surface area contributed by atoms with Gasteiger partial charge in [-0.05, 0) is 8.86 Å². The SMILES string of the molecule is O=C=P.[Fe]. The van der Waals surface area contributed by atoms with Gasteiger partial charge < -0.3 is 0 Å². The fraction of sp³-hybridized carbons (Fsp3) is 0. The topological polar surface area (TPSA) is 17.1 Å². The second kappa shape index (κ2) is 9.99. The molecule has 0 saturated carbocycles. The molecular weight excluding hydrogens is 115 g/mol. The van der Waals surface area contributed by atoms with Crippen LogP contribution < -0.4 is 0 Å². The number of hydrogen-bond acceptors (Lipinski definition) is 1. The molecule has 0 N–H and O–H groups in total. The van der Waals surface area contributed by atoms with Crippen LogP contribution in [0.15, 0.2) is 0 Å². The normalized spacial score (nSPS) is 2.00. The van der Waals surface area contributed by atoms with E-state index in [9.17, 15) is 0 Å². The van der Waals surface area contributed by atoms with Crippen LogP contribution in [0, 0.1) is 0 Å². The monoisotopic (exact) mass is 116 g/mol. The minimum Gasteiger partial charge on any atom is -0.229 e. The van der Waals surface area contributed by atoms with Crippen molar-refractivity contribution in [1.29, 1.82) is 0 Å². The second-order valence-electron chi connectivity index (χ2n) is 0.102. The zero-order valence-corrected chi connectivity index (χ0v) is 3.87. The van der Waals surface area contributed by atoms with Gasteiger partial charge in [0.2, 0.25) is 0 Å². The maximum Gasteiger partial charge on any atom is 0.146 e. The number of rotatable bonds is 0. The van der Waals surface area contributed by atoms with Crippen LogP contribution in [0.4, 0.5) is 0 Å². The van der Waals surface area contributed by atoms with Gasteiger partial charge in [0, 0.05) is 17.1 Å². The minimum atomic E-state index is 0. The molecule has 0 rings (SSSR count). The van der Waals surface area contributed by atoms with E-state index in [1.165, 1.54) is 5.66 Å². The number of carbonyl (C=O) groups excluding carboxylic acids is 1. The number of hydrogen-bond donors (Lipinski definition) is 0. The van der Waals surface area contributed by atoms with Crippen LogP contribution in [0.25, 0.3) is 0 Å². The third-order valence-corrected chi connectivity index (χ3v) is 0. The summed E-state index contributed by atoms with van der Waals surface area (Å²) in [6.07, 6.45) is 0. The first kappa shape index (κ1) is 8.83. The van der Waals surface area contributed by atoms with Gasteiger partial charge in [0.25, 0.3) is 0 Å². The molecule has 0 radical (unpaired) electrons. The van der Waals surface area contributed by atoms with Gasteiger partial charge in [-0.25, -0.2) is 4.79 Å². The summed E-state index contributed by atoms with van der Waals surface area (Å²) in [6.45, 7) is 0. The summed E-state index contributed by atoms with van der Waals surface area (Å²) < 4.78 is 0. The van der Waals surface area contributed by atoms with Crippen molar-refractivity contribution < 1.29 is 21.9 Å². The molecule has 0 aliphatic carbocycles. The molecular formula is CHFeOP. The smallest absolute Gasteiger partial charge is 0.146 e. The first-order valence-electron chi connectivity index (χ1n) is 0.454. The third-order valence-electron chi connectivity index (χ3n) is 0. The quantitative estimate of drug-likeness (QED) is 0.326. The summed E-state index contributed by atoms with van der Waals surface area (Å²) in [5.41, 5.74) is 1.31. The Morgan fingerprint density at radius 3 is 1.75 bits per heavy atom. The van der Waals surface area contributed by atoms with E-state index < -0.39 is 0 Å². The van der Waals surface area contributed by atoms with Crippen molar-refractivity contribution in [3.8, 4) is 0 Å². The third kappa shape index (κ3) is 29.4. The molecule has 0 bridgehead atoms. The van der Waals surface area contributed by atoms with Crippen molar-refractivity contribution in [2.75, 3.05) is 0 Å². The molecule has 0 aromatic carbocycles. The molecule has 3 heteroatoms. The zero-order chi connectivity index (χ0) is 2.71. The molecule has 1 nitrogen and oxygen atoms in total. The fourth-order valence-corrected chi connectivity index (χ4v) is 0. The molecule has 0 heterocycles. The van der Waals surface area contributed by atoms with Crippen molar-refractivity contribution >= 4 is 14.5 Å². The summed E-state index contributed by atoms with van der Waals surface area (Å²) in [7, 11) is 2.38. The van der Waals surface area contributed by atoms with E-state index in [2.05, 4.69) is 8.86 Å². The Hall–Kier alpha value is 0.399. The first-order valence-corrected chi connectivity index (χ1v) is 0.954. The molecule has 0 spiro atoms. The maximum absolute atomic E-state index is 8.59. The Bertz CT molecular complexity index is 29.0. The van der Waals surface area contributed by atoms with E-state index in [0.717, 1.165) is 0 Å². The molecule has 0 aromatic rings. The summed E-state index contributed by atoms with van der Waals surface area (Å²) in [5.74, 6) is 0. The van der Waals surface area contributed by atoms with E-state index in [4.69, 9.17) is 4.79 Å². The van der Waals surface area contributed by atoms with Crippen LogP contribution in [0.3, 0.4) is 0 Å². The molecule has 0 aromatic heterocycles. The van der Waals surface area contributed by atoms with Gasteiger partial charge in [0.15, 0.2) is 0 Å². The van der Waals surface area contributed by atoms with E-state index in [0.29, 0.717) is 0 Å². The molecule has 0 fully saturated rings. The molecule has 24 valence electrons. The minimum absolute atomic E-state index is 0. The Kier molecular flexibility index (Phi) is 22.1. The summed E-state index contributed by atoms with van der Waals surface area (Å²) in [5, 5.41) is 0. The molecule has 0 saturated heterocycles. The van der Waals surface area contributed by atoms with E-state index in [-0.39, 0.29) is 17.1 Å². The summed E-state index contributed by atoms with van der Waals surface area (Å²) in [6, 6.07) is 0. The Labute approximate surface area is 37.1 Å². The molecule has 4 heavy (non-hydrogen) atoms. The average molecular weight is 116 g/mol. The van der Waals surface area contributed by atoms with Crippen molar-refractivity contribution in [3.63, 3.8) is 0 Å². The fourth-order valence-electron chi connectivity index (χ4n) is 0. The average Bonchev–Trinajstić information content (AvgIpc) is 0.918. The molecule has 0 aliphatic heterocycles. The van der Waals surface area contributed by atoms with Crippen LogP contribution in [-0.2, 0) is 21.9 Å². The summed E-state index contributed by atoms with van der Waals surface area (Å²) >= 11 is 0. The standard InChI is InChI=1S/CHOP.Fe/c2-1-3;/h3H;. The second-order valence-corrected chi connectivity index (χ2v) is 0.306. The molecule has 0 unspecified atom stereocenters. The van der Waals surface area contributed by atoms with Crippen LogP contribution in [0.2, 0.25) is 0 Å². The predicted octanol–water partition coefficient (Wildman–Crippen LogP) is 0.194. The Morgan fingerprint density at radius 1 is 1.75 bits per heavy atom. The van der Waals surface area contributed by atoms with Crippen molar-refractivity contribution in [1.82, 2.24) is 0 Å².